The van der Waals surface area contributed by atoms with Crippen molar-refractivity contribution in [3.63, 3.8) is 0 Å². The number of amides is 1. The summed E-state index contributed by atoms with van der Waals surface area (Å²) in [4.78, 5) is 16.4. The lowest BCUT2D eigenvalue weighted by Crippen LogP contribution is -2.48. The highest BCUT2D eigenvalue weighted by Crippen LogP contribution is 2.26. The molecule has 0 spiro atoms. The summed E-state index contributed by atoms with van der Waals surface area (Å²) in [5, 5.41) is 0.650. The van der Waals surface area contributed by atoms with E-state index in [0.29, 0.717) is 37.9 Å². The van der Waals surface area contributed by atoms with E-state index in [4.69, 9.17) is 21.1 Å². The van der Waals surface area contributed by atoms with Crippen molar-refractivity contribution in [2.75, 3.05) is 45.9 Å². The van der Waals surface area contributed by atoms with Crippen LogP contribution in [0.2, 0.25) is 5.02 Å². The Bertz CT molecular complexity index is 526. The zero-order valence-corrected chi connectivity index (χ0v) is 14.0. The molecule has 6 heteroatoms. The third-order valence-electron chi connectivity index (χ3n) is 4.39. The molecule has 3 rings (SSSR count). The first kappa shape index (κ1) is 16.6. The van der Waals surface area contributed by atoms with Crippen LogP contribution in [0, 0.1) is 0 Å². The van der Waals surface area contributed by atoms with Gasteiger partial charge in [-0.3, -0.25) is 9.69 Å². The molecule has 0 aliphatic carbocycles. The predicted molar refractivity (Wildman–Crippen MR) is 88.9 cm³/mol. The largest absolute Gasteiger partial charge is 0.489 e. The molecule has 23 heavy (non-hydrogen) atoms. The lowest BCUT2D eigenvalue weighted by Gasteiger charge is -2.34. The molecule has 0 unspecified atom stereocenters. The SMILES string of the molecule is O=C(CN1CCC(Oc2ccccc2Cl)CC1)N1CCOCC1. The average molecular weight is 339 g/mol. The van der Waals surface area contributed by atoms with Gasteiger partial charge < -0.3 is 14.4 Å². The molecule has 0 N–H and O–H groups in total. The van der Waals surface area contributed by atoms with E-state index in [1.165, 1.54) is 0 Å². The molecule has 0 radical (unpaired) electrons. The van der Waals surface area contributed by atoms with Crippen molar-refractivity contribution in [2.24, 2.45) is 0 Å². The Morgan fingerprint density at radius 2 is 1.87 bits per heavy atom. The molecule has 2 saturated heterocycles. The van der Waals surface area contributed by atoms with Gasteiger partial charge in [-0.2, -0.15) is 0 Å². The van der Waals surface area contributed by atoms with E-state index in [0.717, 1.165) is 31.7 Å². The number of nitrogens with zero attached hydrogens (tertiary/aromatic N) is 2. The van der Waals surface area contributed by atoms with Crippen LogP contribution in [0.4, 0.5) is 0 Å². The molecule has 2 fully saturated rings. The van der Waals surface area contributed by atoms with E-state index in [-0.39, 0.29) is 12.0 Å². The zero-order chi connectivity index (χ0) is 16.1. The third kappa shape index (κ3) is 4.59. The highest BCUT2D eigenvalue weighted by Gasteiger charge is 2.25. The molecule has 0 bridgehead atoms. The van der Waals surface area contributed by atoms with Crippen LogP contribution in [0.5, 0.6) is 5.75 Å². The normalized spacial score (nSPS) is 20.5. The Morgan fingerprint density at radius 1 is 1.17 bits per heavy atom. The Kier molecular flexibility index (Phi) is 5.75. The van der Waals surface area contributed by atoms with Crippen LogP contribution in [0.1, 0.15) is 12.8 Å². The lowest BCUT2D eigenvalue weighted by atomic mass is 10.1. The second kappa shape index (κ2) is 7.99. The topological polar surface area (TPSA) is 42.0 Å². The first-order valence-electron chi connectivity index (χ1n) is 8.21. The molecule has 1 aromatic rings. The van der Waals surface area contributed by atoms with Gasteiger partial charge in [0.2, 0.25) is 5.91 Å². The number of para-hydroxylation sites is 1. The maximum Gasteiger partial charge on any atom is 0.236 e. The van der Waals surface area contributed by atoms with Gasteiger partial charge in [-0.25, -0.2) is 0 Å². The van der Waals surface area contributed by atoms with Crippen molar-refractivity contribution in [2.45, 2.75) is 18.9 Å². The zero-order valence-electron chi connectivity index (χ0n) is 13.2. The minimum Gasteiger partial charge on any atom is -0.489 e. The van der Waals surface area contributed by atoms with Crippen LogP contribution in [0.25, 0.3) is 0 Å². The number of ether oxygens (including phenoxy) is 2. The number of halogens is 1. The van der Waals surface area contributed by atoms with Crippen LogP contribution < -0.4 is 4.74 Å². The molecular formula is C17H23ClN2O3. The maximum absolute atomic E-state index is 12.3. The number of benzene rings is 1. The Balaban J connectivity index is 1.43. The number of piperidine rings is 1. The van der Waals surface area contributed by atoms with Crippen molar-refractivity contribution in [1.29, 1.82) is 0 Å². The summed E-state index contributed by atoms with van der Waals surface area (Å²) in [7, 11) is 0. The quantitative estimate of drug-likeness (QED) is 0.842. The fourth-order valence-electron chi connectivity index (χ4n) is 3.01. The van der Waals surface area contributed by atoms with Crippen LogP contribution >= 0.6 is 11.6 Å². The van der Waals surface area contributed by atoms with Crippen molar-refractivity contribution in [1.82, 2.24) is 9.80 Å². The van der Waals surface area contributed by atoms with Crippen LogP contribution in [0.3, 0.4) is 0 Å². The van der Waals surface area contributed by atoms with E-state index in [9.17, 15) is 4.79 Å². The number of hydrogen-bond donors (Lipinski definition) is 0. The van der Waals surface area contributed by atoms with E-state index in [1.54, 1.807) is 0 Å². The second-order valence-corrected chi connectivity index (χ2v) is 6.42. The average Bonchev–Trinajstić information content (AvgIpc) is 2.59. The molecule has 0 atom stereocenters. The smallest absolute Gasteiger partial charge is 0.236 e. The fourth-order valence-corrected chi connectivity index (χ4v) is 3.19. The summed E-state index contributed by atoms with van der Waals surface area (Å²) in [6.45, 7) is 4.99. The summed E-state index contributed by atoms with van der Waals surface area (Å²) >= 11 is 6.13. The fraction of sp³-hybridized carbons (Fsp3) is 0.588. The Morgan fingerprint density at radius 3 is 2.57 bits per heavy atom. The number of rotatable bonds is 4. The number of likely N-dealkylation sites (tertiary alicyclic amines) is 1. The highest BCUT2D eigenvalue weighted by atomic mass is 35.5. The summed E-state index contributed by atoms with van der Waals surface area (Å²) in [5.74, 6) is 0.954. The summed E-state index contributed by atoms with van der Waals surface area (Å²) in [6, 6.07) is 7.57. The van der Waals surface area contributed by atoms with Crippen LogP contribution in [-0.2, 0) is 9.53 Å². The summed E-state index contributed by atoms with van der Waals surface area (Å²) < 4.78 is 11.3. The highest BCUT2D eigenvalue weighted by molar-refractivity contribution is 6.32. The molecule has 1 aromatic carbocycles. The Hall–Kier alpha value is -1.30. The van der Waals surface area contributed by atoms with Gasteiger partial charge in [0, 0.05) is 26.2 Å². The predicted octanol–water partition coefficient (Wildman–Crippen LogP) is 2.04. The van der Waals surface area contributed by atoms with Gasteiger partial charge in [-0.15, -0.1) is 0 Å². The second-order valence-electron chi connectivity index (χ2n) is 6.02. The summed E-state index contributed by atoms with van der Waals surface area (Å²) in [6.07, 6.45) is 2.01. The van der Waals surface area contributed by atoms with Gasteiger partial charge in [0.05, 0.1) is 24.8 Å². The molecular weight excluding hydrogens is 316 g/mol. The van der Waals surface area contributed by atoms with Crippen molar-refractivity contribution >= 4 is 17.5 Å². The maximum atomic E-state index is 12.3. The van der Waals surface area contributed by atoms with Gasteiger partial charge >= 0.3 is 0 Å². The number of carbonyl (C=O) groups excluding carboxylic acids is 1. The first-order chi connectivity index (χ1) is 11.2. The minimum absolute atomic E-state index is 0.171. The van der Waals surface area contributed by atoms with Gasteiger partial charge in [0.15, 0.2) is 0 Å². The van der Waals surface area contributed by atoms with Gasteiger partial charge in [-0.1, -0.05) is 23.7 Å². The van der Waals surface area contributed by atoms with Crippen molar-refractivity contribution in [3.05, 3.63) is 29.3 Å². The number of morpholine rings is 1. The molecule has 2 aliphatic rings. The van der Waals surface area contributed by atoms with E-state index in [2.05, 4.69) is 4.90 Å². The first-order valence-corrected chi connectivity index (χ1v) is 8.59. The van der Waals surface area contributed by atoms with Gasteiger partial charge in [0.25, 0.3) is 0 Å². The monoisotopic (exact) mass is 338 g/mol. The standard InChI is InChI=1S/C17H23ClN2O3/c18-15-3-1-2-4-16(15)23-14-5-7-19(8-6-14)13-17(21)20-9-11-22-12-10-20/h1-4,14H,5-13H2. The van der Waals surface area contributed by atoms with Crippen LogP contribution in [0.15, 0.2) is 24.3 Å². The van der Waals surface area contributed by atoms with E-state index >= 15 is 0 Å². The molecule has 126 valence electrons. The van der Waals surface area contributed by atoms with Crippen molar-refractivity contribution < 1.29 is 14.3 Å². The van der Waals surface area contributed by atoms with E-state index in [1.807, 2.05) is 29.2 Å². The molecule has 1 amide bonds. The van der Waals surface area contributed by atoms with E-state index < -0.39 is 0 Å². The minimum atomic E-state index is 0.171. The lowest BCUT2D eigenvalue weighted by molar-refractivity contribution is -0.136. The Labute approximate surface area is 142 Å². The number of carbonyl (C=O) groups is 1. The van der Waals surface area contributed by atoms with Crippen LogP contribution in [-0.4, -0.2) is 67.7 Å². The molecule has 2 aliphatic heterocycles. The third-order valence-corrected chi connectivity index (χ3v) is 4.70. The van der Waals surface area contributed by atoms with Gasteiger partial charge in [-0.05, 0) is 25.0 Å². The summed E-state index contributed by atoms with van der Waals surface area (Å²) in [5.41, 5.74) is 0. The molecule has 0 saturated carbocycles. The molecule has 2 heterocycles. The number of hydrogen-bond acceptors (Lipinski definition) is 4. The molecule has 5 nitrogen and oxygen atoms in total. The van der Waals surface area contributed by atoms with Gasteiger partial charge in [0.1, 0.15) is 11.9 Å². The molecule has 0 aromatic heterocycles. The van der Waals surface area contributed by atoms with Crippen molar-refractivity contribution in [3.8, 4) is 5.75 Å².